The second kappa shape index (κ2) is 7.86. The molecule has 138 valence electrons. The summed E-state index contributed by atoms with van der Waals surface area (Å²) < 4.78 is 25.3. The van der Waals surface area contributed by atoms with Gasteiger partial charge >= 0.3 is 5.97 Å². The summed E-state index contributed by atoms with van der Waals surface area (Å²) in [5.74, 6) is -0.789. The second-order valence-corrected chi connectivity index (χ2v) is 8.34. The molecule has 1 heterocycles. The van der Waals surface area contributed by atoms with Gasteiger partial charge in [0.1, 0.15) is 0 Å². The Bertz CT molecular complexity index is 760. The summed E-state index contributed by atoms with van der Waals surface area (Å²) in [6.45, 7) is 2.94. The average Bonchev–Trinajstić information content (AvgIpc) is 2.53. The summed E-state index contributed by atoms with van der Waals surface area (Å²) >= 11 is 0. The van der Waals surface area contributed by atoms with Crippen molar-refractivity contribution in [1.29, 1.82) is 0 Å². The Hall–Kier alpha value is -2.09. The molecule has 0 aromatic heterocycles. The lowest BCUT2D eigenvalue weighted by molar-refractivity contribution is -0.137. The molecule has 1 saturated heterocycles. The smallest absolute Gasteiger partial charge is 0.303 e. The Morgan fingerprint density at radius 2 is 2.08 bits per heavy atom. The molecule has 1 fully saturated rings. The van der Waals surface area contributed by atoms with Crippen LogP contribution in [-0.4, -0.2) is 49.6 Å². The number of hydrogen-bond donors (Lipinski definition) is 2. The summed E-state index contributed by atoms with van der Waals surface area (Å²) in [5.41, 5.74) is 1.56. The monoisotopic (exact) mass is 368 g/mol. The molecule has 7 nitrogen and oxygen atoms in total. The summed E-state index contributed by atoms with van der Waals surface area (Å²) in [6.07, 6.45) is 3.51. The van der Waals surface area contributed by atoms with E-state index in [1.165, 1.54) is 0 Å². The van der Waals surface area contributed by atoms with Gasteiger partial charge in [-0.15, -0.1) is 0 Å². The van der Waals surface area contributed by atoms with E-state index in [0.717, 1.165) is 24.7 Å². The number of carbonyl (C=O) groups is 2. The van der Waals surface area contributed by atoms with Gasteiger partial charge in [0.05, 0.1) is 11.9 Å². The Balaban J connectivity index is 2.11. The van der Waals surface area contributed by atoms with Gasteiger partial charge in [0.2, 0.25) is 10.0 Å². The normalized spacial score (nSPS) is 18.0. The average molecular weight is 368 g/mol. The van der Waals surface area contributed by atoms with Crippen molar-refractivity contribution in [2.45, 2.75) is 32.6 Å². The largest absolute Gasteiger partial charge is 0.481 e. The van der Waals surface area contributed by atoms with E-state index >= 15 is 0 Å². The number of likely N-dealkylation sites (tertiary alicyclic amines) is 1. The molecule has 1 unspecified atom stereocenters. The molecular weight excluding hydrogens is 344 g/mol. The third-order valence-corrected chi connectivity index (χ3v) is 4.94. The molecule has 1 aliphatic heterocycles. The number of anilines is 1. The van der Waals surface area contributed by atoms with E-state index in [4.69, 9.17) is 5.11 Å². The van der Waals surface area contributed by atoms with Crippen molar-refractivity contribution in [3.8, 4) is 0 Å². The molecule has 0 aliphatic carbocycles. The number of aryl methyl sites for hydroxylation is 1. The second-order valence-electron chi connectivity index (χ2n) is 6.60. The maximum atomic E-state index is 12.7. The van der Waals surface area contributed by atoms with Crippen LogP contribution in [0.5, 0.6) is 0 Å². The summed E-state index contributed by atoms with van der Waals surface area (Å²) in [5, 5.41) is 8.81. The van der Waals surface area contributed by atoms with Crippen LogP contribution in [0, 0.1) is 12.8 Å². The van der Waals surface area contributed by atoms with Crippen molar-refractivity contribution < 1.29 is 23.1 Å². The Morgan fingerprint density at radius 3 is 2.72 bits per heavy atom. The van der Waals surface area contributed by atoms with Crippen LogP contribution in [0.4, 0.5) is 5.69 Å². The topological polar surface area (TPSA) is 104 Å². The van der Waals surface area contributed by atoms with Crippen molar-refractivity contribution in [2.75, 3.05) is 24.1 Å². The minimum Gasteiger partial charge on any atom is -0.481 e. The minimum absolute atomic E-state index is 0.111. The summed E-state index contributed by atoms with van der Waals surface area (Å²) in [4.78, 5) is 25.2. The zero-order chi connectivity index (χ0) is 18.6. The van der Waals surface area contributed by atoms with Gasteiger partial charge in [0, 0.05) is 25.1 Å². The number of benzene rings is 1. The van der Waals surface area contributed by atoms with Crippen LogP contribution >= 0.6 is 0 Å². The summed E-state index contributed by atoms with van der Waals surface area (Å²) in [7, 11) is -3.42. The first kappa shape index (κ1) is 19.2. The molecule has 1 aliphatic rings. The van der Waals surface area contributed by atoms with E-state index in [1.54, 1.807) is 30.0 Å². The number of rotatable bonds is 6. The zero-order valence-corrected chi connectivity index (χ0v) is 15.3. The highest BCUT2D eigenvalue weighted by Gasteiger charge is 2.25. The van der Waals surface area contributed by atoms with Crippen LogP contribution in [0.15, 0.2) is 18.2 Å². The van der Waals surface area contributed by atoms with E-state index < -0.39 is 16.0 Å². The molecule has 0 bridgehead atoms. The predicted octanol–water partition coefficient (Wildman–Crippen LogP) is 2.08. The predicted molar refractivity (Wildman–Crippen MR) is 95.1 cm³/mol. The number of carboxylic acid groups (broad SMARTS) is 1. The van der Waals surface area contributed by atoms with E-state index in [9.17, 15) is 18.0 Å². The van der Waals surface area contributed by atoms with Crippen molar-refractivity contribution in [3.05, 3.63) is 29.3 Å². The van der Waals surface area contributed by atoms with Gasteiger partial charge < -0.3 is 10.0 Å². The number of carboxylic acids is 1. The number of hydrogen-bond acceptors (Lipinski definition) is 4. The lowest BCUT2D eigenvalue weighted by Crippen LogP contribution is -2.40. The van der Waals surface area contributed by atoms with Crippen LogP contribution in [0.3, 0.4) is 0 Å². The molecule has 1 amide bonds. The molecule has 2 N–H and O–H groups in total. The van der Waals surface area contributed by atoms with Crippen molar-refractivity contribution in [3.63, 3.8) is 0 Å². The molecule has 1 aromatic rings. The highest BCUT2D eigenvalue weighted by molar-refractivity contribution is 7.92. The van der Waals surface area contributed by atoms with Gasteiger partial charge in [0.25, 0.3) is 5.91 Å². The first-order valence-corrected chi connectivity index (χ1v) is 10.1. The van der Waals surface area contributed by atoms with E-state index in [0.29, 0.717) is 30.8 Å². The number of sulfonamides is 1. The van der Waals surface area contributed by atoms with Crippen molar-refractivity contribution in [2.24, 2.45) is 5.92 Å². The Labute approximate surface area is 148 Å². The van der Waals surface area contributed by atoms with Gasteiger partial charge in [-0.2, -0.15) is 0 Å². The highest BCUT2D eigenvalue weighted by Crippen LogP contribution is 2.24. The lowest BCUT2D eigenvalue weighted by Gasteiger charge is -2.32. The fourth-order valence-corrected chi connectivity index (χ4v) is 3.68. The van der Waals surface area contributed by atoms with Crippen LogP contribution in [0.2, 0.25) is 0 Å². The molecule has 0 saturated carbocycles. The van der Waals surface area contributed by atoms with Gasteiger partial charge in [-0.05, 0) is 49.8 Å². The third kappa shape index (κ3) is 5.74. The first-order chi connectivity index (χ1) is 11.7. The van der Waals surface area contributed by atoms with Gasteiger partial charge in [0.15, 0.2) is 0 Å². The Morgan fingerprint density at radius 1 is 1.36 bits per heavy atom. The van der Waals surface area contributed by atoms with E-state index in [2.05, 4.69) is 4.72 Å². The van der Waals surface area contributed by atoms with Gasteiger partial charge in [-0.3, -0.25) is 14.3 Å². The minimum atomic E-state index is -3.42. The summed E-state index contributed by atoms with van der Waals surface area (Å²) in [6, 6.07) is 4.96. The Kier molecular flexibility index (Phi) is 6.05. The molecule has 1 aromatic carbocycles. The van der Waals surface area contributed by atoms with Crippen LogP contribution in [-0.2, 0) is 14.8 Å². The van der Waals surface area contributed by atoms with Crippen LogP contribution in [0.25, 0.3) is 0 Å². The van der Waals surface area contributed by atoms with Gasteiger partial charge in [-0.1, -0.05) is 6.07 Å². The van der Waals surface area contributed by atoms with E-state index in [-0.39, 0.29) is 18.2 Å². The van der Waals surface area contributed by atoms with Crippen LogP contribution in [0.1, 0.15) is 41.6 Å². The highest BCUT2D eigenvalue weighted by atomic mass is 32.2. The first-order valence-electron chi connectivity index (χ1n) is 8.25. The van der Waals surface area contributed by atoms with Gasteiger partial charge in [-0.25, -0.2) is 8.42 Å². The molecule has 0 spiro atoms. The molecule has 2 rings (SSSR count). The number of nitrogens with one attached hydrogen (secondary N) is 1. The molecule has 25 heavy (non-hydrogen) atoms. The maximum Gasteiger partial charge on any atom is 0.303 e. The number of amides is 1. The zero-order valence-electron chi connectivity index (χ0n) is 14.5. The lowest BCUT2D eigenvalue weighted by atomic mass is 9.93. The SMILES string of the molecule is Cc1ccc(C(=O)N2CCCC(CCC(=O)O)C2)cc1NS(C)(=O)=O. The molecule has 1 atom stereocenters. The van der Waals surface area contributed by atoms with E-state index in [1.807, 2.05) is 0 Å². The number of aliphatic carboxylic acids is 1. The maximum absolute atomic E-state index is 12.7. The number of nitrogens with zero attached hydrogens (tertiary/aromatic N) is 1. The molecular formula is C17H24N2O5S. The quantitative estimate of drug-likeness (QED) is 0.800. The number of carbonyl (C=O) groups excluding carboxylic acids is 1. The fraction of sp³-hybridized carbons (Fsp3) is 0.529. The van der Waals surface area contributed by atoms with Crippen LogP contribution < -0.4 is 4.72 Å². The number of piperidine rings is 1. The molecule has 8 heteroatoms. The van der Waals surface area contributed by atoms with Crippen molar-refractivity contribution in [1.82, 2.24) is 4.90 Å². The third-order valence-electron chi connectivity index (χ3n) is 4.35. The molecule has 0 radical (unpaired) electrons. The fourth-order valence-electron chi connectivity index (χ4n) is 3.06. The van der Waals surface area contributed by atoms with Crippen molar-refractivity contribution >= 4 is 27.6 Å². The standard InChI is InChI=1S/C17H24N2O5S/c1-12-5-7-14(10-15(12)18-25(2,23)24)17(22)19-9-3-4-13(11-19)6-8-16(20)21/h5,7,10,13,18H,3-4,6,8-9,11H2,1-2H3,(H,20,21).